The molecule has 1 fully saturated rings. The molecule has 2 heterocycles. The van der Waals surface area contributed by atoms with Crippen LogP contribution in [-0.2, 0) is 0 Å². The quantitative estimate of drug-likeness (QED) is 0.931. The van der Waals surface area contributed by atoms with E-state index < -0.39 is 0 Å². The number of carbonyl (C=O) groups excluding carboxylic acids is 1. The fourth-order valence-corrected chi connectivity index (χ4v) is 2.49. The number of rotatable bonds is 4. The molecule has 1 amide bonds. The van der Waals surface area contributed by atoms with E-state index in [1.165, 1.54) is 0 Å². The number of nitrogens with one attached hydrogen (secondary N) is 1. The van der Waals surface area contributed by atoms with E-state index in [0.29, 0.717) is 24.6 Å². The Morgan fingerprint density at radius 1 is 1.32 bits per heavy atom. The molecular formula is C16H18N4O2. The first-order chi connectivity index (χ1) is 10.7. The van der Waals surface area contributed by atoms with E-state index in [9.17, 15) is 4.79 Å². The number of benzene rings is 1. The Balaban J connectivity index is 1.58. The predicted molar refractivity (Wildman–Crippen MR) is 83.1 cm³/mol. The lowest BCUT2D eigenvalue weighted by Gasteiger charge is -2.39. The maximum atomic E-state index is 12.4. The smallest absolute Gasteiger partial charge is 0.254 e. The fourth-order valence-electron chi connectivity index (χ4n) is 2.49. The molecule has 0 spiro atoms. The Labute approximate surface area is 129 Å². The van der Waals surface area contributed by atoms with Gasteiger partial charge in [-0.25, -0.2) is 9.97 Å². The van der Waals surface area contributed by atoms with Crippen LogP contribution in [0.4, 0.5) is 5.95 Å². The van der Waals surface area contributed by atoms with Gasteiger partial charge in [0.25, 0.3) is 5.91 Å². The van der Waals surface area contributed by atoms with E-state index >= 15 is 0 Å². The van der Waals surface area contributed by atoms with Gasteiger partial charge in [0.05, 0.1) is 13.2 Å². The van der Waals surface area contributed by atoms with Crippen molar-refractivity contribution in [1.82, 2.24) is 14.9 Å². The first-order valence-corrected chi connectivity index (χ1v) is 7.15. The van der Waals surface area contributed by atoms with Gasteiger partial charge in [0.2, 0.25) is 5.95 Å². The molecule has 1 aromatic heterocycles. The lowest BCUT2D eigenvalue weighted by atomic mass is 10.0. The summed E-state index contributed by atoms with van der Waals surface area (Å²) in [4.78, 5) is 22.4. The molecular weight excluding hydrogens is 280 g/mol. The van der Waals surface area contributed by atoms with Crippen molar-refractivity contribution >= 4 is 11.9 Å². The minimum absolute atomic E-state index is 0.0396. The van der Waals surface area contributed by atoms with Gasteiger partial charge >= 0.3 is 0 Å². The average Bonchev–Trinajstić information content (AvgIpc) is 2.51. The molecule has 0 unspecified atom stereocenters. The number of hydrogen-bond acceptors (Lipinski definition) is 5. The van der Waals surface area contributed by atoms with E-state index in [1.54, 1.807) is 31.6 Å². The normalized spacial score (nSPS) is 14.4. The van der Waals surface area contributed by atoms with Crippen molar-refractivity contribution in [2.45, 2.75) is 13.0 Å². The van der Waals surface area contributed by atoms with Crippen LogP contribution in [0, 0.1) is 6.92 Å². The van der Waals surface area contributed by atoms with Crippen LogP contribution in [0.15, 0.2) is 36.7 Å². The van der Waals surface area contributed by atoms with Crippen LogP contribution in [0.3, 0.4) is 0 Å². The van der Waals surface area contributed by atoms with Gasteiger partial charge in [-0.05, 0) is 36.8 Å². The number of aromatic nitrogens is 2. The number of likely N-dealkylation sites (tertiary alicyclic amines) is 1. The number of anilines is 1. The average molecular weight is 298 g/mol. The van der Waals surface area contributed by atoms with Crippen molar-refractivity contribution in [1.29, 1.82) is 0 Å². The zero-order valence-corrected chi connectivity index (χ0v) is 12.6. The minimum atomic E-state index is 0.0396. The third-order valence-corrected chi connectivity index (χ3v) is 3.71. The topological polar surface area (TPSA) is 67.3 Å². The van der Waals surface area contributed by atoms with Crippen molar-refractivity contribution in [2.24, 2.45) is 0 Å². The van der Waals surface area contributed by atoms with Crippen LogP contribution in [0.25, 0.3) is 0 Å². The van der Waals surface area contributed by atoms with Gasteiger partial charge in [0.15, 0.2) is 0 Å². The molecule has 6 nitrogen and oxygen atoms in total. The summed E-state index contributed by atoms with van der Waals surface area (Å²) in [6, 6.07) is 7.46. The molecule has 0 saturated carbocycles. The van der Waals surface area contributed by atoms with Crippen LogP contribution >= 0.6 is 0 Å². The first kappa shape index (κ1) is 14.3. The summed E-state index contributed by atoms with van der Waals surface area (Å²) in [6.07, 6.45) is 3.38. The van der Waals surface area contributed by atoms with Gasteiger partial charge in [-0.1, -0.05) is 0 Å². The molecule has 0 bridgehead atoms. The van der Waals surface area contributed by atoms with Gasteiger partial charge in [-0.2, -0.15) is 0 Å². The summed E-state index contributed by atoms with van der Waals surface area (Å²) in [7, 11) is 1.63. The summed E-state index contributed by atoms with van der Waals surface area (Å²) in [6.45, 7) is 3.24. The zero-order valence-electron chi connectivity index (χ0n) is 12.6. The summed E-state index contributed by atoms with van der Waals surface area (Å²) in [5.41, 5.74) is 1.65. The van der Waals surface area contributed by atoms with Crippen LogP contribution in [-0.4, -0.2) is 47.0 Å². The number of carbonyl (C=O) groups is 1. The maximum Gasteiger partial charge on any atom is 0.254 e. The standard InChI is InChI=1S/C16H18N4O2/c1-11-8-12(4-5-14(11)22-2)15(21)20-9-13(10-20)19-16-17-6-3-7-18-16/h3-8,13H,9-10H2,1-2H3,(H,17,18,19). The van der Waals surface area contributed by atoms with Gasteiger partial charge < -0.3 is 15.0 Å². The Kier molecular flexibility index (Phi) is 3.91. The van der Waals surface area contributed by atoms with Gasteiger partial charge in [0, 0.05) is 31.0 Å². The molecule has 6 heteroatoms. The highest BCUT2D eigenvalue weighted by Gasteiger charge is 2.31. The number of ether oxygens (including phenoxy) is 1. The number of aryl methyl sites for hydroxylation is 1. The van der Waals surface area contributed by atoms with E-state index in [1.807, 2.05) is 24.0 Å². The highest BCUT2D eigenvalue weighted by molar-refractivity contribution is 5.95. The van der Waals surface area contributed by atoms with E-state index in [2.05, 4.69) is 15.3 Å². The van der Waals surface area contributed by atoms with Crippen LogP contribution < -0.4 is 10.1 Å². The number of hydrogen-bond donors (Lipinski definition) is 1. The van der Waals surface area contributed by atoms with Gasteiger partial charge in [-0.3, -0.25) is 4.79 Å². The minimum Gasteiger partial charge on any atom is -0.496 e. The largest absolute Gasteiger partial charge is 0.496 e. The molecule has 1 aliphatic rings. The van der Waals surface area contributed by atoms with E-state index in [4.69, 9.17) is 4.74 Å². The van der Waals surface area contributed by atoms with Crippen molar-refractivity contribution in [3.8, 4) is 5.75 Å². The highest BCUT2D eigenvalue weighted by Crippen LogP contribution is 2.21. The first-order valence-electron chi connectivity index (χ1n) is 7.15. The predicted octanol–water partition coefficient (Wildman–Crippen LogP) is 1.73. The highest BCUT2D eigenvalue weighted by atomic mass is 16.5. The molecule has 22 heavy (non-hydrogen) atoms. The Hall–Kier alpha value is -2.63. The van der Waals surface area contributed by atoms with Gasteiger partial charge in [0.1, 0.15) is 5.75 Å². The molecule has 0 atom stereocenters. The van der Waals surface area contributed by atoms with Crippen molar-refractivity contribution < 1.29 is 9.53 Å². The molecule has 0 radical (unpaired) electrons. The lowest BCUT2D eigenvalue weighted by molar-refractivity contribution is 0.0624. The summed E-state index contributed by atoms with van der Waals surface area (Å²) >= 11 is 0. The van der Waals surface area contributed by atoms with Crippen molar-refractivity contribution in [2.75, 3.05) is 25.5 Å². The molecule has 2 aromatic rings. The maximum absolute atomic E-state index is 12.4. The van der Waals surface area contributed by atoms with Crippen LogP contribution in [0.2, 0.25) is 0 Å². The summed E-state index contributed by atoms with van der Waals surface area (Å²) in [5.74, 6) is 1.43. The number of amides is 1. The molecule has 1 saturated heterocycles. The lowest BCUT2D eigenvalue weighted by Crippen LogP contribution is -2.57. The molecule has 0 aliphatic carbocycles. The van der Waals surface area contributed by atoms with Crippen LogP contribution in [0.5, 0.6) is 5.75 Å². The third kappa shape index (κ3) is 2.86. The second-order valence-electron chi connectivity index (χ2n) is 5.31. The van der Waals surface area contributed by atoms with Gasteiger partial charge in [-0.15, -0.1) is 0 Å². The third-order valence-electron chi connectivity index (χ3n) is 3.71. The number of nitrogens with zero attached hydrogens (tertiary/aromatic N) is 3. The SMILES string of the molecule is COc1ccc(C(=O)N2CC(Nc3ncccn3)C2)cc1C. The van der Waals surface area contributed by atoms with Crippen molar-refractivity contribution in [3.63, 3.8) is 0 Å². The monoisotopic (exact) mass is 298 g/mol. The fraction of sp³-hybridized carbons (Fsp3) is 0.312. The Morgan fingerprint density at radius 3 is 2.68 bits per heavy atom. The molecule has 1 aromatic carbocycles. The molecule has 114 valence electrons. The zero-order chi connectivity index (χ0) is 15.5. The van der Waals surface area contributed by atoms with Crippen molar-refractivity contribution in [3.05, 3.63) is 47.8 Å². The molecule has 3 rings (SSSR count). The summed E-state index contributed by atoms with van der Waals surface area (Å²) in [5, 5.41) is 3.21. The van der Waals surface area contributed by atoms with E-state index in [0.717, 1.165) is 11.3 Å². The second kappa shape index (κ2) is 6.01. The molecule has 1 N–H and O–H groups in total. The number of methoxy groups -OCH3 is 1. The second-order valence-corrected chi connectivity index (χ2v) is 5.31. The Bertz CT molecular complexity index is 669. The Morgan fingerprint density at radius 2 is 2.05 bits per heavy atom. The van der Waals surface area contributed by atoms with E-state index in [-0.39, 0.29) is 11.9 Å². The molecule has 1 aliphatic heterocycles. The summed E-state index contributed by atoms with van der Waals surface area (Å²) < 4.78 is 5.22. The van der Waals surface area contributed by atoms with Crippen LogP contribution in [0.1, 0.15) is 15.9 Å².